The first kappa shape index (κ1) is 25.7. The van der Waals surface area contributed by atoms with Gasteiger partial charge in [0.2, 0.25) is 0 Å². The molecule has 34 heavy (non-hydrogen) atoms. The maximum absolute atomic E-state index is 12.9. The normalized spacial score (nSPS) is 16.8. The Morgan fingerprint density at radius 3 is 2.21 bits per heavy atom. The second-order valence-electron chi connectivity index (χ2n) is 8.45. The molecule has 186 valence electrons. The van der Waals surface area contributed by atoms with Crippen molar-refractivity contribution in [1.29, 1.82) is 0 Å². The van der Waals surface area contributed by atoms with Crippen LogP contribution in [0.15, 0.2) is 24.3 Å². The zero-order valence-electron chi connectivity index (χ0n) is 19.2. The van der Waals surface area contributed by atoms with Gasteiger partial charge >= 0.3 is 12.1 Å². The molecule has 2 aromatic rings. The predicted octanol–water partition coefficient (Wildman–Crippen LogP) is 3.51. The van der Waals surface area contributed by atoms with Gasteiger partial charge in [0.25, 0.3) is 5.91 Å². The monoisotopic (exact) mass is 481 g/mol. The average Bonchev–Trinajstić information content (AvgIpc) is 3.06. The number of carbonyl (C=O) groups is 2. The van der Waals surface area contributed by atoms with Crippen LogP contribution in [-0.4, -0.2) is 67.4 Å². The molecule has 1 N–H and O–H groups in total. The molecule has 0 aliphatic carbocycles. The van der Waals surface area contributed by atoms with Crippen LogP contribution in [-0.2, 0) is 30.8 Å². The number of nitrogens with zero attached hydrogens (tertiary/aromatic N) is 5. The average molecular weight is 482 g/mol. The second-order valence-corrected chi connectivity index (χ2v) is 8.45. The van der Waals surface area contributed by atoms with Crippen LogP contribution in [0.5, 0.6) is 0 Å². The molecule has 3 heterocycles. The standard InChI is InChI=1S/C21H29N5O.C2HF3O2/c1-2-17-7-9-18(10-8-17)21(27)25-13-6-14-26-19(22-23-20(26)16-25)15-24-11-4-3-5-12-24;3-2(4,5)1(6)7/h7-10H,2-6,11-16H2,1H3;(H,6,7). The number of aryl methyl sites for hydroxylation is 1. The highest BCUT2D eigenvalue weighted by molar-refractivity contribution is 5.94. The third-order valence-corrected chi connectivity index (χ3v) is 6.00. The van der Waals surface area contributed by atoms with Crippen molar-refractivity contribution in [3.63, 3.8) is 0 Å². The molecule has 0 atom stereocenters. The molecule has 1 aromatic heterocycles. The Hall–Kier alpha value is -2.95. The summed E-state index contributed by atoms with van der Waals surface area (Å²) in [5, 5.41) is 16.0. The zero-order valence-corrected chi connectivity index (χ0v) is 19.2. The van der Waals surface area contributed by atoms with Crippen molar-refractivity contribution in [2.24, 2.45) is 0 Å². The van der Waals surface area contributed by atoms with Crippen LogP contribution in [0.4, 0.5) is 13.2 Å². The first-order valence-corrected chi connectivity index (χ1v) is 11.5. The molecule has 11 heteroatoms. The van der Waals surface area contributed by atoms with Gasteiger partial charge in [-0.25, -0.2) is 4.79 Å². The number of halogens is 3. The van der Waals surface area contributed by atoms with Crippen molar-refractivity contribution in [3.8, 4) is 0 Å². The summed E-state index contributed by atoms with van der Waals surface area (Å²) in [6.45, 7) is 7.51. The first-order valence-electron chi connectivity index (χ1n) is 11.5. The third kappa shape index (κ3) is 6.78. The van der Waals surface area contributed by atoms with Crippen molar-refractivity contribution < 1.29 is 27.9 Å². The van der Waals surface area contributed by atoms with Gasteiger partial charge in [0.15, 0.2) is 5.82 Å². The summed E-state index contributed by atoms with van der Waals surface area (Å²) in [4.78, 5) is 26.2. The smallest absolute Gasteiger partial charge is 0.475 e. The Bertz CT molecular complexity index is 969. The topological polar surface area (TPSA) is 91.6 Å². The molecular weight excluding hydrogens is 451 g/mol. The highest BCUT2D eigenvalue weighted by atomic mass is 19.4. The fourth-order valence-electron chi connectivity index (χ4n) is 4.09. The van der Waals surface area contributed by atoms with Crippen LogP contribution >= 0.6 is 0 Å². The number of rotatable bonds is 4. The Balaban J connectivity index is 0.000000406. The molecule has 1 amide bonds. The number of carboxylic acids is 1. The Morgan fingerprint density at radius 1 is 0.971 bits per heavy atom. The molecule has 2 aliphatic rings. The van der Waals surface area contributed by atoms with Gasteiger partial charge in [-0.2, -0.15) is 13.2 Å². The number of benzene rings is 1. The minimum atomic E-state index is -5.08. The lowest BCUT2D eigenvalue weighted by molar-refractivity contribution is -0.192. The van der Waals surface area contributed by atoms with E-state index in [-0.39, 0.29) is 5.91 Å². The van der Waals surface area contributed by atoms with Crippen LogP contribution < -0.4 is 0 Å². The van der Waals surface area contributed by atoms with E-state index >= 15 is 0 Å². The number of hydrogen-bond donors (Lipinski definition) is 1. The number of aromatic nitrogens is 3. The van der Waals surface area contributed by atoms with Crippen LogP contribution in [0, 0.1) is 0 Å². The number of alkyl halides is 3. The van der Waals surface area contributed by atoms with E-state index in [4.69, 9.17) is 9.90 Å². The maximum Gasteiger partial charge on any atom is 0.490 e. The summed E-state index contributed by atoms with van der Waals surface area (Å²) in [5.74, 6) is -0.703. The van der Waals surface area contributed by atoms with Gasteiger partial charge in [-0.15, -0.1) is 10.2 Å². The summed E-state index contributed by atoms with van der Waals surface area (Å²) in [7, 11) is 0. The van der Waals surface area contributed by atoms with E-state index in [1.54, 1.807) is 0 Å². The van der Waals surface area contributed by atoms with E-state index in [9.17, 15) is 18.0 Å². The van der Waals surface area contributed by atoms with Crippen molar-refractivity contribution in [2.45, 2.75) is 64.8 Å². The van der Waals surface area contributed by atoms with Gasteiger partial charge in [-0.1, -0.05) is 25.5 Å². The van der Waals surface area contributed by atoms with E-state index in [1.165, 1.54) is 24.8 Å². The van der Waals surface area contributed by atoms with Crippen LogP contribution in [0.3, 0.4) is 0 Å². The van der Waals surface area contributed by atoms with E-state index in [2.05, 4.69) is 26.6 Å². The largest absolute Gasteiger partial charge is 0.490 e. The number of piperidine rings is 1. The molecule has 0 unspecified atom stereocenters. The van der Waals surface area contributed by atoms with Gasteiger partial charge in [0.1, 0.15) is 5.82 Å². The van der Waals surface area contributed by atoms with Crippen molar-refractivity contribution in [1.82, 2.24) is 24.6 Å². The number of hydrogen-bond acceptors (Lipinski definition) is 5. The summed E-state index contributed by atoms with van der Waals surface area (Å²) in [6.07, 6.45) is 0.739. The predicted molar refractivity (Wildman–Crippen MR) is 118 cm³/mol. The highest BCUT2D eigenvalue weighted by Gasteiger charge is 2.38. The van der Waals surface area contributed by atoms with Gasteiger partial charge in [-0.05, 0) is 56.5 Å². The van der Waals surface area contributed by atoms with Crippen molar-refractivity contribution in [3.05, 3.63) is 47.0 Å². The van der Waals surface area contributed by atoms with Gasteiger partial charge < -0.3 is 14.6 Å². The molecule has 4 rings (SSSR count). The van der Waals surface area contributed by atoms with E-state index in [0.29, 0.717) is 6.54 Å². The Labute approximate surface area is 196 Å². The first-order chi connectivity index (χ1) is 16.2. The van der Waals surface area contributed by atoms with Crippen LogP contribution in [0.25, 0.3) is 0 Å². The molecule has 0 spiro atoms. The second kappa shape index (κ2) is 11.5. The maximum atomic E-state index is 12.9. The SMILES string of the molecule is CCc1ccc(C(=O)N2CCCn3c(CN4CCCCC4)nnc3C2)cc1.O=C(O)C(F)(F)F. The summed E-state index contributed by atoms with van der Waals surface area (Å²) in [6, 6.07) is 7.98. The number of carbonyl (C=O) groups excluding carboxylic acids is 1. The summed E-state index contributed by atoms with van der Waals surface area (Å²) in [5.41, 5.74) is 2.01. The third-order valence-electron chi connectivity index (χ3n) is 6.00. The quantitative estimate of drug-likeness (QED) is 0.719. The Morgan fingerprint density at radius 2 is 1.62 bits per heavy atom. The minimum absolute atomic E-state index is 0.0895. The fraction of sp³-hybridized carbons (Fsp3) is 0.565. The lowest BCUT2D eigenvalue weighted by atomic mass is 10.1. The number of aliphatic carboxylic acids is 1. The number of amides is 1. The molecular formula is C23H30F3N5O3. The van der Waals surface area contributed by atoms with Crippen molar-refractivity contribution in [2.75, 3.05) is 19.6 Å². The minimum Gasteiger partial charge on any atom is -0.475 e. The van der Waals surface area contributed by atoms with Crippen LogP contribution in [0.1, 0.15) is 60.2 Å². The Kier molecular flexibility index (Phi) is 8.65. The highest BCUT2D eigenvalue weighted by Crippen LogP contribution is 2.18. The molecule has 0 bridgehead atoms. The number of fused-ring (bicyclic) bond motifs is 1. The lowest BCUT2D eigenvalue weighted by Crippen LogP contribution is -2.31. The molecule has 8 nitrogen and oxygen atoms in total. The molecule has 0 saturated carbocycles. The van der Waals surface area contributed by atoms with Gasteiger partial charge in [0.05, 0.1) is 13.1 Å². The summed E-state index contributed by atoms with van der Waals surface area (Å²) < 4.78 is 34.0. The molecule has 1 fully saturated rings. The molecule has 1 saturated heterocycles. The number of likely N-dealkylation sites (tertiary alicyclic amines) is 1. The van der Waals surface area contributed by atoms with Crippen LogP contribution in [0.2, 0.25) is 0 Å². The van der Waals surface area contributed by atoms with E-state index in [0.717, 1.165) is 62.8 Å². The molecule has 1 aromatic carbocycles. The van der Waals surface area contributed by atoms with E-state index in [1.807, 2.05) is 29.2 Å². The number of carboxylic acid groups (broad SMARTS) is 1. The summed E-state index contributed by atoms with van der Waals surface area (Å²) >= 11 is 0. The molecule has 0 radical (unpaired) electrons. The van der Waals surface area contributed by atoms with Crippen molar-refractivity contribution >= 4 is 11.9 Å². The molecule has 2 aliphatic heterocycles. The van der Waals surface area contributed by atoms with E-state index < -0.39 is 12.1 Å². The van der Waals surface area contributed by atoms with Gasteiger partial charge in [0, 0.05) is 18.7 Å². The lowest BCUT2D eigenvalue weighted by Gasteiger charge is -2.25. The fourth-order valence-corrected chi connectivity index (χ4v) is 4.09. The zero-order chi connectivity index (χ0) is 24.7. The van der Waals surface area contributed by atoms with Gasteiger partial charge in [-0.3, -0.25) is 9.69 Å².